The molecule has 1 heterocycles. The third kappa shape index (κ3) is 3.25. The Bertz CT molecular complexity index is 786. The van der Waals surface area contributed by atoms with E-state index < -0.39 is 14.9 Å². The molecule has 0 saturated carbocycles. The van der Waals surface area contributed by atoms with Gasteiger partial charge in [-0.2, -0.15) is 4.37 Å². The minimum Gasteiger partial charge on any atom is -0.383 e. The number of sulfonamides is 1. The number of nitrogens with zero attached hydrogens (tertiary/aromatic N) is 3. The SMILES string of the molecule is CNc1ccc(S(=O)(=O)Nc2nc(C)ns2)cc1[N+](=O)[O-]. The van der Waals surface area contributed by atoms with Gasteiger partial charge in [0.1, 0.15) is 11.5 Å². The average molecular weight is 329 g/mol. The molecular weight excluding hydrogens is 318 g/mol. The van der Waals surface area contributed by atoms with E-state index in [2.05, 4.69) is 19.4 Å². The number of hydrogen-bond donors (Lipinski definition) is 2. The summed E-state index contributed by atoms with van der Waals surface area (Å²) in [4.78, 5) is 14.0. The predicted molar refractivity (Wildman–Crippen MR) is 78.1 cm³/mol. The molecule has 112 valence electrons. The van der Waals surface area contributed by atoms with Crippen molar-refractivity contribution in [2.75, 3.05) is 17.1 Å². The predicted octanol–water partition coefficient (Wildman–Crippen LogP) is 1.60. The van der Waals surface area contributed by atoms with Crippen molar-refractivity contribution in [2.45, 2.75) is 11.8 Å². The summed E-state index contributed by atoms with van der Waals surface area (Å²) in [6.07, 6.45) is 0. The minimum absolute atomic E-state index is 0.104. The van der Waals surface area contributed by atoms with Crippen LogP contribution in [0.4, 0.5) is 16.5 Å². The second kappa shape index (κ2) is 5.61. The molecule has 0 amide bonds. The first-order valence-corrected chi connectivity index (χ1v) is 7.88. The van der Waals surface area contributed by atoms with Crippen LogP contribution in [-0.2, 0) is 10.0 Å². The molecule has 0 saturated heterocycles. The Balaban J connectivity index is 2.40. The number of rotatable bonds is 5. The molecule has 0 atom stereocenters. The average Bonchev–Trinajstić information content (AvgIpc) is 2.82. The second-order valence-electron chi connectivity index (χ2n) is 3.94. The quantitative estimate of drug-likeness (QED) is 0.630. The summed E-state index contributed by atoms with van der Waals surface area (Å²) in [5.41, 5.74) is -0.0977. The van der Waals surface area contributed by atoms with Gasteiger partial charge in [-0.15, -0.1) is 0 Å². The number of nitrogens with one attached hydrogen (secondary N) is 2. The fourth-order valence-electron chi connectivity index (χ4n) is 1.55. The van der Waals surface area contributed by atoms with Crippen LogP contribution in [0.15, 0.2) is 23.1 Å². The van der Waals surface area contributed by atoms with Crippen LogP contribution in [-0.4, -0.2) is 29.7 Å². The van der Waals surface area contributed by atoms with Crippen LogP contribution in [0.3, 0.4) is 0 Å². The van der Waals surface area contributed by atoms with Gasteiger partial charge in [-0.05, 0) is 19.1 Å². The van der Waals surface area contributed by atoms with E-state index in [-0.39, 0.29) is 21.4 Å². The van der Waals surface area contributed by atoms with Gasteiger partial charge in [-0.25, -0.2) is 13.4 Å². The van der Waals surface area contributed by atoms with Gasteiger partial charge in [0.15, 0.2) is 0 Å². The second-order valence-corrected chi connectivity index (χ2v) is 6.37. The molecule has 21 heavy (non-hydrogen) atoms. The maximum absolute atomic E-state index is 12.2. The zero-order valence-corrected chi connectivity index (χ0v) is 12.7. The summed E-state index contributed by atoms with van der Waals surface area (Å²) in [6.45, 7) is 1.63. The normalized spacial score (nSPS) is 11.1. The molecule has 0 unspecified atom stereocenters. The summed E-state index contributed by atoms with van der Waals surface area (Å²) in [6, 6.07) is 3.59. The van der Waals surface area contributed by atoms with Crippen molar-refractivity contribution in [1.29, 1.82) is 0 Å². The van der Waals surface area contributed by atoms with Crippen LogP contribution in [0.25, 0.3) is 0 Å². The van der Waals surface area contributed by atoms with E-state index in [1.165, 1.54) is 19.2 Å². The van der Waals surface area contributed by atoms with E-state index >= 15 is 0 Å². The Morgan fingerprint density at radius 1 is 1.38 bits per heavy atom. The molecule has 0 bridgehead atoms. The minimum atomic E-state index is -3.96. The lowest BCUT2D eigenvalue weighted by Gasteiger charge is -2.07. The van der Waals surface area contributed by atoms with Crippen LogP contribution >= 0.6 is 11.5 Å². The molecule has 1 aromatic heterocycles. The van der Waals surface area contributed by atoms with Crippen LogP contribution in [0.2, 0.25) is 0 Å². The third-order valence-corrected chi connectivity index (χ3v) is 4.68. The van der Waals surface area contributed by atoms with Gasteiger partial charge < -0.3 is 5.32 Å². The number of nitro benzene ring substituents is 1. The Morgan fingerprint density at radius 2 is 2.10 bits per heavy atom. The fraction of sp³-hybridized carbons (Fsp3) is 0.200. The van der Waals surface area contributed by atoms with E-state index in [9.17, 15) is 18.5 Å². The maximum Gasteiger partial charge on any atom is 0.293 e. The molecular formula is C10H11N5O4S2. The van der Waals surface area contributed by atoms with Gasteiger partial charge in [0, 0.05) is 24.6 Å². The molecule has 1 aromatic carbocycles. The number of hydrogen-bond acceptors (Lipinski definition) is 8. The highest BCUT2D eigenvalue weighted by Gasteiger charge is 2.22. The van der Waals surface area contributed by atoms with E-state index in [0.29, 0.717) is 5.82 Å². The van der Waals surface area contributed by atoms with E-state index in [4.69, 9.17) is 0 Å². The Kier molecular flexibility index (Phi) is 4.04. The number of nitro groups is 1. The molecule has 2 aromatic rings. The van der Waals surface area contributed by atoms with Crippen molar-refractivity contribution in [3.63, 3.8) is 0 Å². The summed E-state index contributed by atoms with van der Waals surface area (Å²) in [5, 5.41) is 13.7. The van der Waals surface area contributed by atoms with Crippen molar-refractivity contribution in [3.05, 3.63) is 34.1 Å². The smallest absolute Gasteiger partial charge is 0.293 e. The first-order chi connectivity index (χ1) is 9.83. The first kappa shape index (κ1) is 15.1. The van der Waals surface area contributed by atoms with Gasteiger partial charge >= 0.3 is 0 Å². The van der Waals surface area contributed by atoms with E-state index in [1.807, 2.05) is 0 Å². The molecule has 0 aliphatic rings. The Morgan fingerprint density at radius 3 is 2.62 bits per heavy atom. The number of benzene rings is 1. The van der Waals surface area contributed by atoms with Crippen molar-refractivity contribution in [1.82, 2.24) is 9.36 Å². The first-order valence-electron chi connectivity index (χ1n) is 5.63. The van der Waals surface area contributed by atoms with Gasteiger partial charge in [-0.1, -0.05) is 0 Å². The van der Waals surface area contributed by atoms with Crippen LogP contribution in [0, 0.1) is 17.0 Å². The molecule has 2 N–H and O–H groups in total. The highest BCUT2D eigenvalue weighted by Crippen LogP contribution is 2.28. The number of anilines is 2. The van der Waals surface area contributed by atoms with Gasteiger partial charge in [0.05, 0.1) is 9.82 Å². The standard InChI is InChI=1S/C10H11N5O4S2/c1-6-12-10(20-13-6)14-21(18,19)7-3-4-8(11-2)9(5-7)15(16)17/h3-5,11H,1-2H3,(H,12,13,14). The van der Waals surface area contributed by atoms with Gasteiger partial charge in [0.2, 0.25) is 5.13 Å². The molecule has 2 rings (SSSR count). The van der Waals surface area contributed by atoms with E-state index in [1.54, 1.807) is 6.92 Å². The Hall–Kier alpha value is -2.27. The van der Waals surface area contributed by atoms with Crippen molar-refractivity contribution < 1.29 is 13.3 Å². The summed E-state index contributed by atoms with van der Waals surface area (Å²) in [5.74, 6) is 0.439. The van der Waals surface area contributed by atoms with Crippen LogP contribution in [0.5, 0.6) is 0 Å². The molecule has 0 aliphatic heterocycles. The molecule has 0 radical (unpaired) electrons. The highest BCUT2D eigenvalue weighted by atomic mass is 32.2. The number of aryl methyl sites for hydroxylation is 1. The van der Waals surface area contributed by atoms with Gasteiger partial charge in [0.25, 0.3) is 15.7 Å². The molecule has 11 heteroatoms. The van der Waals surface area contributed by atoms with Gasteiger partial charge in [-0.3, -0.25) is 14.8 Å². The fourth-order valence-corrected chi connectivity index (χ4v) is 3.37. The lowest BCUT2D eigenvalue weighted by atomic mass is 10.3. The number of aromatic nitrogens is 2. The molecule has 9 nitrogen and oxygen atoms in total. The maximum atomic E-state index is 12.2. The third-order valence-electron chi connectivity index (χ3n) is 2.49. The molecule has 0 fully saturated rings. The van der Waals surface area contributed by atoms with Crippen molar-refractivity contribution in [2.24, 2.45) is 0 Å². The molecule has 0 spiro atoms. The largest absolute Gasteiger partial charge is 0.383 e. The summed E-state index contributed by atoms with van der Waals surface area (Å²) < 4.78 is 30.4. The van der Waals surface area contributed by atoms with Crippen molar-refractivity contribution in [3.8, 4) is 0 Å². The van der Waals surface area contributed by atoms with Crippen LogP contribution in [0.1, 0.15) is 5.82 Å². The monoisotopic (exact) mass is 329 g/mol. The summed E-state index contributed by atoms with van der Waals surface area (Å²) >= 11 is 0.892. The van der Waals surface area contributed by atoms with Crippen molar-refractivity contribution >= 4 is 38.1 Å². The lowest BCUT2D eigenvalue weighted by Crippen LogP contribution is -2.13. The van der Waals surface area contributed by atoms with E-state index in [0.717, 1.165) is 17.6 Å². The topological polar surface area (TPSA) is 127 Å². The van der Waals surface area contributed by atoms with Crippen LogP contribution < -0.4 is 10.0 Å². The summed E-state index contributed by atoms with van der Waals surface area (Å²) in [7, 11) is -2.44. The Labute approximate surface area is 124 Å². The zero-order valence-electron chi connectivity index (χ0n) is 11.0. The zero-order chi connectivity index (χ0) is 15.6. The highest BCUT2D eigenvalue weighted by molar-refractivity contribution is 7.93. The molecule has 0 aliphatic carbocycles. The lowest BCUT2D eigenvalue weighted by molar-refractivity contribution is -0.384.